The molecule has 0 aliphatic rings. The Bertz CT molecular complexity index is 468. The molecule has 0 aliphatic heterocycles. The van der Waals surface area contributed by atoms with E-state index in [2.05, 4.69) is 27.7 Å². The second-order valence-corrected chi connectivity index (χ2v) is 10.1. The summed E-state index contributed by atoms with van der Waals surface area (Å²) < 4.78 is 11.1. The molecule has 190 valence electrons. The largest absolute Gasteiger partial charge is 0.465 e. The van der Waals surface area contributed by atoms with Crippen LogP contribution in [0.15, 0.2) is 0 Å². The van der Waals surface area contributed by atoms with Gasteiger partial charge in [0.1, 0.15) is 0 Å². The Balaban J connectivity index is 4.21. The second-order valence-electron chi connectivity index (χ2n) is 10.1. The number of carbonyl (C=O) groups is 2. The molecule has 0 aliphatic carbocycles. The molecule has 0 bridgehead atoms. The first kappa shape index (κ1) is 30.9. The smallest absolute Gasteiger partial charge is 0.323 e. The number of esters is 2. The molecule has 1 unspecified atom stereocenters. The first-order chi connectivity index (χ1) is 15.3. The molecule has 0 saturated heterocycles. The van der Waals surface area contributed by atoms with Crippen LogP contribution in [0, 0.1) is 17.3 Å². The van der Waals surface area contributed by atoms with Crippen LogP contribution in [-0.2, 0) is 19.1 Å². The number of hydrogen-bond acceptors (Lipinski definition) is 4. The minimum atomic E-state index is -1.15. The van der Waals surface area contributed by atoms with Gasteiger partial charge in [-0.15, -0.1) is 0 Å². The van der Waals surface area contributed by atoms with Crippen molar-refractivity contribution in [3.63, 3.8) is 0 Å². The van der Waals surface area contributed by atoms with Crippen molar-refractivity contribution < 1.29 is 19.1 Å². The molecule has 0 aromatic carbocycles. The Morgan fingerprint density at radius 2 is 1.12 bits per heavy atom. The van der Waals surface area contributed by atoms with Crippen LogP contribution in [0.5, 0.6) is 0 Å². The molecule has 0 amide bonds. The lowest BCUT2D eigenvalue weighted by atomic mass is 9.82. The summed E-state index contributed by atoms with van der Waals surface area (Å²) in [5.41, 5.74) is -1.15. The minimum absolute atomic E-state index is 0.384. The summed E-state index contributed by atoms with van der Waals surface area (Å²) in [5.74, 6) is 0.445. The molecule has 0 rings (SSSR count). The van der Waals surface area contributed by atoms with E-state index in [1.54, 1.807) is 0 Å². The number of rotatable bonds is 21. The number of ether oxygens (including phenoxy) is 2. The van der Waals surface area contributed by atoms with Gasteiger partial charge < -0.3 is 9.47 Å². The summed E-state index contributed by atoms with van der Waals surface area (Å²) in [5, 5.41) is 0. The summed E-state index contributed by atoms with van der Waals surface area (Å²) in [4.78, 5) is 25.6. The molecule has 0 N–H and O–H groups in total. The van der Waals surface area contributed by atoms with Gasteiger partial charge in [-0.05, 0) is 37.5 Å². The third-order valence-electron chi connectivity index (χ3n) is 6.79. The maximum atomic E-state index is 12.8. The van der Waals surface area contributed by atoms with Gasteiger partial charge in [0, 0.05) is 0 Å². The first-order valence-corrected chi connectivity index (χ1v) is 13.7. The molecule has 0 aromatic heterocycles. The zero-order valence-electron chi connectivity index (χ0n) is 22.3. The Morgan fingerprint density at radius 3 is 1.62 bits per heavy atom. The lowest BCUT2D eigenvalue weighted by Gasteiger charge is -2.27. The van der Waals surface area contributed by atoms with Crippen LogP contribution >= 0.6 is 0 Å². The second kappa shape index (κ2) is 19.4. The molecule has 0 spiro atoms. The normalized spacial score (nSPS) is 12.7. The molecule has 0 radical (unpaired) electrons. The van der Waals surface area contributed by atoms with E-state index in [0.29, 0.717) is 32.0 Å². The molecule has 0 aromatic rings. The summed E-state index contributed by atoms with van der Waals surface area (Å²) >= 11 is 0. The fraction of sp³-hybridized carbons (Fsp3) is 0.929. The molecule has 32 heavy (non-hydrogen) atoms. The van der Waals surface area contributed by atoms with Crippen molar-refractivity contribution in [1.82, 2.24) is 0 Å². The fourth-order valence-electron chi connectivity index (χ4n) is 4.14. The van der Waals surface area contributed by atoms with E-state index in [1.165, 1.54) is 57.8 Å². The SMILES string of the molecule is CCCCCCCCCCCOC(=O)C(CC)(CC)C(=O)OCCC(C)CCCC(C)C. The molecule has 0 fully saturated rings. The van der Waals surface area contributed by atoms with Crippen LogP contribution in [0.1, 0.15) is 138 Å². The van der Waals surface area contributed by atoms with Gasteiger partial charge in [0.2, 0.25) is 0 Å². The highest BCUT2D eigenvalue weighted by Crippen LogP contribution is 2.30. The minimum Gasteiger partial charge on any atom is -0.465 e. The molecular weight excluding hydrogens is 400 g/mol. The van der Waals surface area contributed by atoms with Gasteiger partial charge in [-0.2, -0.15) is 0 Å². The van der Waals surface area contributed by atoms with E-state index in [4.69, 9.17) is 9.47 Å². The van der Waals surface area contributed by atoms with Crippen LogP contribution in [0.2, 0.25) is 0 Å². The van der Waals surface area contributed by atoms with Gasteiger partial charge in [0.15, 0.2) is 5.41 Å². The monoisotopic (exact) mass is 454 g/mol. The maximum Gasteiger partial charge on any atom is 0.323 e. The third kappa shape index (κ3) is 13.5. The van der Waals surface area contributed by atoms with Crippen molar-refractivity contribution in [2.24, 2.45) is 17.3 Å². The first-order valence-electron chi connectivity index (χ1n) is 13.7. The average Bonchev–Trinajstić information content (AvgIpc) is 2.76. The van der Waals surface area contributed by atoms with Crippen molar-refractivity contribution in [2.75, 3.05) is 13.2 Å². The van der Waals surface area contributed by atoms with Gasteiger partial charge in [-0.25, -0.2) is 0 Å². The van der Waals surface area contributed by atoms with Gasteiger partial charge in [-0.1, -0.05) is 112 Å². The maximum absolute atomic E-state index is 12.8. The van der Waals surface area contributed by atoms with E-state index in [-0.39, 0.29) is 0 Å². The van der Waals surface area contributed by atoms with Crippen LogP contribution < -0.4 is 0 Å². The molecule has 1 atom stereocenters. The van der Waals surface area contributed by atoms with Crippen LogP contribution in [0.3, 0.4) is 0 Å². The van der Waals surface area contributed by atoms with E-state index in [0.717, 1.165) is 31.6 Å². The standard InChI is InChI=1S/C28H54O4/c1-7-10-11-12-13-14-15-16-17-22-31-26(29)28(8-2,9-3)27(30)32-23-21-25(6)20-18-19-24(4)5/h24-25H,7-23H2,1-6H3. The molecule has 4 heteroatoms. The van der Waals surface area contributed by atoms with E-state index in [9.17, 15) is 9.59 Å². The van der Waals surface area contributed by atoms with E-state index < -0.39 is 17.4 Å². The highest BCUT2D eigenvalue weighted by atomic mass is 16.6. The average molecular weight is 455 g/mol. The lowest BCUT2D eigenvalue weighted by molar-refractivity contribution is -0.173. The van der Waals surface area contributed by atoms with Crippen molar-refractivity contribution in [2.45, 2.75) is 138 Å². The van der Waals surface area contributed by atoms with Crippen LogP contribution in [0.25, 0.3) is 0 Å². The summed E-state index contributed by atoms with van der Waals surface area (Å²) in [7, 11) is 0. The van der Waals surface area contributed by atoms with Crippen LogP contribution in [-0.4, -0.2) is 25.2 Å². The number of hydrogen-bond donors (Lipinski definition) is 0. The number of carbonyl (C=O) groups excluding carboxylic acids is 2. The topological polar surface area (TPSA) is 52.6 Å². The fourth-order valence-corrected chi connectivity index (χ4v) is 4.14. The molecule has 0 saturated carbocycles. The van der Waals surface area contributed by atoms with Crippen LogP contribution in [0.4, 0.5) is 0 Å². The van der Waals surface area contributed by atoms with Crippen molar-refractivity contribution in [3.8, 4) is 0 Å². The predicted molar refractivity (Wildman–Crippen MR) is 135 cm³/mol. The Labute approximate surface area is 199 Å². The van der Waals surface area contributed by atoms with Crippen molar-refractivity contribution in [1.29, 1.82) is 0 Å². The highest BCUT2D eigenvalue weighted by Gasteiger charge is 2.45. The highest BCUT2D eigenvalue weighted by molar-refractivity contribution is 5.99. The van der Waals surface area contributed by atoms with Gasteiger partial charge >= 0.3 is 11.9 Å². The summed E-state index contributed by atoms with van der Waals surface area (Å²) in [6.07, 6.45) is 16.3. The Kier molecular flexibility index (Phi) is 18.8. The number of unbranched alkanes of at least 4 members (excludes halogenated alkanes) is 8. The van der Waals surface area contributed by atoms with Gasteiger partial charge in [0.05, 0.1) is 13.2 Å². The summed E-state index contributed by atoms with van der Waals surface area (Å²) in [6.45, 7) is 13.5. The quantitative estimate of drug-likeness (QED) is 0.0994. The van der Waals surface area contributed by atoms with Crippen molar-refractivity contribution in [3.05, 3.63) is 0 Å². The molecular formula is C28H54O4. The van der Waals surface area contributed by atoms with Crippen molar-refractivity contribution >= 4 is 11.9 Å². The summed E-state index contributed by atoms with van der Waals surface area (Å²) in [6, 6.07) is 0. The predicted octanol–water partition coefficient (Wildman–Crippen LogP) is 8.26. The van der Waals surface area contributed by atoms with E-state index in [1.807, 2.05) is 13.8 Å². The Morgan fingerprint density at radius 1 is 0.625 bits per heavy atom. The molecule has 0 heterocycles. The Hall–Kier alpha value is -1.06. The lowest BCUT2D eigenvalue weighted by Crippen LogP contribution is -2.41. The third-order valence-corrected chi connectivity index (χ3v) is 6.79. The van der Waals surface area contributed by atoms with E-state index >= 15 is 0 Å². The van der Waals surface area contributed by atoms with Gasteiger partial charge in [0.25, 0.3) is 0 Å². The zero-order chi connectivity index (χ0) is 24.2. The zero-order valence-corrected chi connectivity index (χ0v) is 22.3. The van der Waals surface area contributed by atoms with Gasteiger partial charge in [-0.3, -0.25) is 9.59 Å². The molecule has 4 nitrogen and oxygen atoms in total.